The fourth-order valence-electron chi connectivity index (χ4n) is 1.85. The molecule has 1 aliphatic rings. The van der Waals surface area contributed by atoms with Crippen molar-refractivity contribution < 1.29 is 9.13 Å². The molecule has 7 heteroatoms. The van der Waals surface area contributed by atoms with E-state index in [1.54, 1.807) is 0 Å². The van der Waals surface area contributed by atoms with Gasteiger partial charge in [0.2, 0.25) is 0 Å². The Morgan fingerprint density at radius 2 is 2.41 bits per heavy atom. The summed E-state index contributed by atoms with van der Waals surface area (Å²) in [7, 11) is 0. The third kappa shape index (κ3) is 1.42. The Bertz CT molecular complexity index is 647. The van der Waals surface area contributed by atoms with Crippen molar-refractivity contribution in [1.82, 2.24) is 19.5 Å². The van der Waals surface area contributed by atoms with E-state index in [9.17, 15) is 9.18 Å². The van der Waals surface area contributed by atoms with Gasteiger partial charge in [0.05, 0.1) is 6.33 Å². The van der Waals surface area contributed by atoms with Crippen LogP contribution in [0.1, 0.15) is 12.6 Å². The second-order valence-corrected chi connectivity index (χ2v) is 3.80. The monoisotopic (exact) mass is 236 g/mol. The second kappa shape index (κ2) is 3.41. The number of rotatable bonds is 1. The molecule has 0 radical (unpaired) electrons. The smallest absolute Gasteiger partial charge is 0.278 e. The van der Waals surface area contributed by atoms with Gasteiger partial charge in [0.15, 0.2) is 23.6 Å². The molecule has 88 valence electrons. The van der Waals surface area contributed by atoms with Crippen molar-refractivity contribution in [3.05, 3.63) is 35.3 Å². The summed E-state index contributed by atoms with van der Waals surface area (Å²) >= 11 is 0. The van der Waals surface area contributed by atoms with Crippen LogP contribution in [0.25, 0.3) is 11.2 Å². The summed E-state index contributed by atoms with van der Waals surface area (Å²) in [6.45, 7) is 3.47. The van der Waals surface area contributed by atoms with Gasteiger partial charge < -0.3 is 9.72 Å². The van der Waals surface area contributed by atoms with Crippen LogP contribution in [0.4, 0.5) is 4.39 Å². The number of halogens is 1. The number of nitrogens with zero attached hydrogens (tertiary/aromatic N) is 3. The minimum atomic E-state index is -1.19. The van der Waals surface area contributed by atoms with Crippen LogP contribution in [-0.4, -0.2) is 25.7 Å². The average molecular weight is 236 g/mol. The number of imidazole rings is 1. The van der Waals surface area contributed by atoms with Gasteiger partial charge in [0, 0.05) is 6.42 Å². The van der Waals surface area contributed by atoms with Crippen LogP contribution in [0.2, 0.25) is 0 Å². The van der Waals surface area contributed by atoms with E-state index in [4.69, 9.17) is 4.74 Å². The molecular weight excluding hydrogens is 227 g/mol. The summed E-state index contributed by atoms with van der Waals surface area (Å²) in [5.41, 5.74) is 0.257. The number of ether oxygens (including phenoxy) is 1. The maximum absolute atomic E-state index is 13.3. The first-order valence-corrected chi connectivity index (χ1v) is 5.06. The number of aromatic nitrogens is 4. The molecule has 1 aliphatic heterocycles. The minimum Gasteiger partial charge on any atom is -0.472 e. The summed E-state index contributed by atoms with van der Waals surface area (Å²) < 4.78 is 20.1. The van der Waals surface area contributed by atoms with Crippen LogP contribution >= 0.6 is 0 Å². The minimum absolute atomic E-state index is 0.0988. The SMILES string of the molecule is C=C1O[C@@H](n2cnc3c(=O)[nH]cnc32)C[C@@H]1F. The maximum Gasteiger partial charge on any atom is 0.278 e. The van der Waals surface area contributed by atoms with Gasteiger partial charge in [-0.3, -0.25) is 9.36 Å². The number of hydrogen-bond acceptors (Lipinski definition) is 4. The first-order valence-electron chi connectivity index (χ1n) is 5.06. The van der Waals surface area contributed by atoms with Crippen molar-refractivity contribution in [3.8, 4) is 0 Å². The number of nitrogens with one attached hydrogen (secondary N) is 1. The van der Waals surface area contributed by atoms with Crippen molar-refractivity contribution in [2.45, 2.75) is 18.8 Å². The fraction of sp³-hybridized carbons (Fsp3) is 0.300. The summed E-state index contributed by atoms with van der Waals surface area (Å²) in [5.74, 6) is 0.0988. The van der Waals surface area contributed by atoms with Gasteiger partial charge in [0.25, 0.3) is 5.56 Å². The normalized spacial score (nSPS) is 24.2. The molecule has 0 bridgehead atoms. The van der Waals surface area contributed by atoms with E-state index in [2.05, 4.69) is 21.5 Å². The summed E-state index contributed by atoms with van der Waals surface area (Å²) in [5, 5.41) is 0. The van der Waals surface area contributed by atoms with Gasteiger partial charge in [-0.05, 0) is 0 Å². The fourth-order valence-corrected chi connectivity index (χ4v) is 1.85. The number of fused-ring (bicyclic) bond motifs is 1. The molecule has 6 nitrogen and oxygen atoms in total. The summed E-state index contributed by atoms with van der Waals surface area (Å²) in [4.78, 5) is 21.8. The Hall–Kier alpha value is -2.18. The van der Waals surface area contributed by atoms with Crippen LogP contribution in [0.5, 0.6) is 0 Å². The van der Waals surface area contributed by atoms with Gasteiger partial charge in [-0.25, -0.2) is 14.4 Å². The van der Waals surface area contributed by atoms with Crippen LogP contribution in [0, 0.1) is 0 Å². The highest BCUT2D eigenvalue weighted by atomic mass is 19.1. The molecule has 17 heavy (non-hydrogen) atoms. The Labute approximate surface area is 94.8 Å². The van der Waals surface area contributed by atoms with Crippen LogP contribution in [-0.2, 0) is 4.74 Å². The molecule has 3 heterocycles. The van der Waals surface area contributed by atoms with Crippen molar-refractivity contribution in [2.75, 3.05) is 0 Å². The van der Waals surface area contributed by atoms with Gasteiger partial charge in [0.1, 0.15) is 12.1 Å². The number of hydrogen-bond donors (Lipinski definition) is 1. The van der Waals surface area contributed by atoms with Crippen LogP contribution < -0.4 is 5.56 Å². The molecule has 0 amide bonds. The third-order valence-corrected chi connectivity index (χ3v) is 2.72. The lowest BCUT2D eigenvalue weighted by molar-refractivity contribution is 0.102. The zero-order chi connectivity index (χ0) is 12.0. The highest BCUT2D eigenvalue weighted by Gasteiger charge is 2.32. The molecule has 0 unspecified atom stereocenters. The molecule has 0 saturated carbocycles. The highest BCUT2D eigenvalue weighted by molar-refractivity contribution is 5.68. The lowest BCUT2D eigenvalue weighted by Gasteiger charge is -2.11. The Morgan fingerprint density at radius 3 is 3.12 bits per heavy atom. The first kappa shape index (κ1) is 10.0. The molecule has 2 aromatic heterocycles. The van der Waals surface area contributed by atoms with E-state index in [1.807, 2.05) is 0 Å². The summed E-state index contributed by atoms with van der Waals surface area (Å²) in [6.07, 6.45) is 1.11. The predicted molar refractivity (Wildman–Crippen MR) is 56.9 cm³/mol. The molecule has 1 fully saturated rings. The van der Waals surface area contributed by atoms with E-state index in [1.165, 1.54) is 17.2 Å². The third-order valence-electron chi connectivity index (χ3n) is 2.72. The lowest BCUT2D eigenvalue weighted by atomic mass is 10.3. The van der Waals surface area contributed by atoms with E-state index in [0.29, 0.717) is 5.65 Å². The molecule has 1 saturated heterocycles. The Balaban J connectivity index is 2.10. The number of H-pyrrole nitrogens is 1. The quantitative estimate of drug-likeness (QED) is 0.798. The Kier molecular flexibility index (Phi) is 2.01. The lowest BCUT2D eigenvalue weighted by Crippen LogP contribution is -2.10. The van der Waals surface area contributed by atoms with Crippen LogP contribution in [0.3, 0.4) is 0 Å². The maximum atomic E-state index is 13.3. The second-order valence-electron chi connectivity index (χ2n) is 3.80. The standard InChI is InChI=1S/C10H9FN4O2/c1-5-6(11)2-7(17-5)15-4-14-8-9(15)12-3-13-10(8)16/h3-4,6-7H,1-2H2,(H,12,13,16)/t6-,7+/m0/s1. The number of alkyl halides is 1. The largest absolute Gasteiger partial charge is 0.472 e. The van der Waals surface area contributed by atoms with E-state index in [0.717, 1.165) is 0 Å². The molecule has 0 spiro atoms. The number of allylic oxidation sites excluding steroid dienone is 1. The molecule has 1 N–H and O–H groups in total. The zero-order valence-electron chi connectivity index (χ0n) is 8.76. The van der Waals surface area contributed by atoms with E-state index >= 15 is 0 Å². The van der Waals surface area contributed by atoms with E-state index in [-0.39, 0.29) is 23.3 Å². The topological polar surface area (TPSA) is 72.8 Å². The van der Waals surface area contributed by atoms with Gasteiger partial charge >= 0.3 is 0 Å². The van der Waals surface area contributed by atoms with Crippen molar-refractivity contribution in [2.24, 2.45) is 0 Å². The first-order chi connectivity index (χ1) is 8.16. The Morgan fingerprint density at radius 1 is 1.59 bits per heavy atom. The van der Waals surface area contributed by atoms with Crippen molar-refractivity contribution >= 4 is 11.2 Å². The molecular formula is C10H9FN4O2. The van der Waals surface area contributed by atoms with Crippen molar-refractivity contribution in [3.63, 3.8) is 0 Å². The number of aromatic amines is 1. The van der Waals surface area contributed by atoms with E-state index < -0.39 is 12.4 Å². The molecule has 3 rings (SSSR count). The summed E-state index contributed by atoms with van der Waals surface area (Å²) in [6, 6.07) is 0. The predicted octanol–water partition coefficient (Wildman–Crippen LogP) is 0.890. The molecule has 2 atom stereocenters. The molecule has 0 aliphatic carbocycles. The van der Waals surface area contributed by atoms with Crippen molar-refractivity contribution in [1.29, 1.82) is 0 Å². The zero-order valence-corrected chi connectivity index (χ0v) is 8.76. The van der Waals surface area contributed by atoms with Gasteiger partial charge in [-0.2, -0.15) is 0 Å². The molecule has 2 aromatic rings. The highest BCUT2D eigenvalue weighted by Crippen LogP contribution is 2.33. The molecule has 0 aromatic carbocycles. The van der Waals surface area contributed by atoms with Gasteiger partial charge in [-0.15, -0.1) is 0 Å². The van der Waals surface area contributed by atoms with Gasteiger partial charge in [-0.1, -0.05) is 6.58 Å². The average Bonchev–Trinajstić information content (AvgIpc) is 2.85. The van der Waals surface area contributed by atoms with Crippen LogP contribution in [0.15, 0.2) is 29.8 Å².